The Morgan fingerprint density at radius 2 is 1.68 bits per heavy atom. The van der Waals surface area contributed by atoms with E-state index in [1.165, 1.54) is 6.42 Å². The summed E-state index contributed by atoms with van der Waals surface area (Å²) in [6, 6.07) is 5.89. The number of nitrogens with one attached hydrogen (secondary N) is 1. The molecule has 0 aromatic heterocycles. The molecule has 0 unspecified atom stereocenters. The highest BCUT2D eigenvalue weighted by Crippen LogP contribution is 2.17. The smallest absolute Gasteiger partial charge is 0.235 e. The van der Waals surface area contributed by atoms with Crippen molar-refractivity contribution in [1.82, 2.24) is 5.32 Å². The quantitative estimate of drug-likeness (QED) is 0.906. The van der Waals surface area contributed by atoms with Crippen molar-refractivity contribution in [1.29, 1.82) is 0 Å². The van der Waals surface area contributed by atoms with Gasteiger partial charge in [0.25, 0.3) is 0 Å². The minimum Gasteiger partial charge on any atom is -0.352 e. The third-order valence-electron chi connectivity index (χ3n) is 3.99. The van der Waals surface area contributed by atoms with Crippen LogP contribution in [0.2, 0.25) is 0 Å². The second kappa shape index (κ2) is 7.27. The average molecular weight is 323 g/mol. The molecular weight excluding hydrogens is 298 g/mol. The fraction of sp³-hybridized carbons (Fsp3) is 0.588. The maximum atomic E-state index is 12.2. The first-order valence-electron chi connectivity index (χ1n) is 7.91. The van der Waals surface area contributed by atoms with Gasteiger partial charge in [-0.2, -0.15) is 0 Å². The molecule has 22 heavy (non-hydrogen) atoms. The van der Waals surface area contributed by atoms with E-state index in [9.17, 15) is 13.2 Å². The van der Waals surface area contributed by atoms with Gasteiger partial charge in [-0.05, 0) is 32.3 Å². The van der Waals surface area contributed by atoms with Gasteiger partial charge in [-0.15, -0.1) is 0 Å². The topological polar surface area (TPSA) is 63.2 Å². The van der Waals surface area contributed by atoms with Crippen LogP contribution in [0.15, 0.2) is 18.2 Å². The standard InChI is InChI=1S/C17H25NO3S/c1-13-8-14(2)10-15(9-13)11-22(20,21)12-17(19)18-16-6-4-3-5-7-16/h8-10,16H,3-7,11-12H2,1-2H3,(H,18,19). The second-order valence-electron chi connectivity index (χ2n) is 6.43. The Labute approximate surface area is 133 Å². The summed E-state index contributed by atoms with van der Waals surface area (Å²) in [6.07, 6.45) is 5.35. The van der Waals surface area contributed by atoms with E-state index in [4.69, 9.17) is 0 Å². The van der Waals surface area contributed by atoms with E-state index < -0.39 is 15.6 Å². The summed E-state index contributed by atoms with van der Waals surface area (Å²) in [5, 5.41) is 2.87. The molecular formula is C17H25NO3S. The van der Waals surface area contributed by atoms with E-state index in [1.807, 2.05) is 32.0 Å². The molecule has 1 aromatic carbocycles. The number of benzene rings is 1. The molecule has 1 amide bonds. The monoisotopic (exact) mass is 323 g/mol. The molecule has 0 radical (unpaired) electrons. The molecule has 1 aromatic rings. The first-order valence-corrected chi connectivity index (χ1v) is 9.73. The van der Waals surface area contributed by atoms with Crippen LogP contribution in [-0.2, 0) is 20.4 Å². The summed E-state index contributed by atoms with van der Waals surface area (Å²) < 4.78 is 24.4. The minimum absolute atomic E-state index is 0.0758. The van der Waals surface area contributed by atoms with E-state index in [2.05, 4.69) is 5.32 Å². The van der Waals surface area contributed by atoms with Crippen molar-refractivity contribution in [3.63, 3.8) is 0 Å². The lowest BCUT2D eigenvalue weighted by molar-refractivity contribution is -0.119. The summed E-state index contributed by atoms with van der Waals surface area (Å²) in [5.74, 6) is -0.860. The third kappa shape index (κ3) is 5.44. The number of amides is 1. The molecule has 0 heterocycles. The molecule has 1 N–H and O–H groups in total. The molecule has 0 aliphatic heterocycles. The van der Waals surface area contributed by atoms with Crippen molar-refractivity contribution in [3.05, 3.63) is 34.9 Å². The van der Waals surface area contributed by atoms with Crippen molar-refractivity contribution in [3.8, 4) is 0 Å². The van der Waals surface area contributed by atoms with Crippen molar-refractivity contribution in [2.75, 3.05) is 5.75 Å². The predicted octanol–water partition coefficient (Wildman–Crippen LogP) is 2.67. The Balaban J connectivity index is 1.93. The van der Waals surface area contributed by atoms with Gasteiger partial charge in [0, 0.05) is 6.04 Å². The SMILES string of the molecule is Cc1cc(C)cc(CS(=O)(=O)CC(=O)NC2CCCCC2)c1. The van der Waals surface area contributed by atoms with E-state index in [0.717, 1.165) is 42.4 Å². The lowest BCUT2D eigenvalue weighted by Gasteiger charge is -2.22. The first-order chi connectivity index (χ1) is 10.3. The van der Waals surface area contributed by atoms with Gasteiger partial charge in [0.15, 0.2) is 9.84 Å². The van der Waals surface area contributed by atoms with Gasteiger partial charge in [0.2, 0.25) is 5.91 Å². The van der Waals surface area contributed by atoms with Gasteiger partial charge < -0.3 is 5.32 Å². The Morgan fingerprint density at radius 3 is 2.27 bits per heavy atom. The number of carbonyl (C=O) groups is 1. The zero-order valence-corrected chi connectivity index (χ0v) is 14.2. The average Bonchev–Trinajstić information content (AvgIpc) is 2.36. The Kier molecular flexibility index (Phi) is 5.62. The highest BCUT2D eigenvalue weighted by molar-refractivity contribution is 7.91. The maximum absolute atomic E-state index is 12.2. The van der Waals surface area contributed by atoms with Crippen LogP contribution in [0.3, 0.4) is 0 Å². The lowest BCUT2D eigenvalue weighted by Crippen LogP contribution is -2.39. The number of hydrogen-bond donors (Lipinski definition) is 1. The van der Waals surface area contributed by atoms with Gasteiger partial charge in [0.05, 0.1) is 5.75 Å². The van der Waals surface area contributed by atoms with Crippen LogP contribution < -0.4 is 5.32 Å². The first kappa shape index (κ1) is 17.0. The van der Waals surface area contributed by atoms with Gasteiger partial charge >= 0.3 is 0 Å². The number of hydrogen-bond acceptors (Lipinski definition) is 3. The zero-order chi connectivity index (χ0) is 16.2. The molecule has 0 spiro atoms. The molecule has 1 saturated carbocycles. The van der Waals surface area contributed by atoms with Crippen LogP contribution in [0.4, 0.5) is 0 Å². The number of aryl methyl sites for hydroxylation is 2. The van der Waals surface area contributed by atoms with Crippen LogP contribution in [0, 0.1) is 13.8 Å². The van der Waals surface area contributed by atoms with Crippen LogP contribution in [-0.4, -0.2) is 26.1 Å². The van der Waals surface area contributed by atoms with Gasteiger partial charge in [-0.1, -0.05) is 48.6 Å². The third-order valence-corrected chi connectivity index (χ3v) is 5.46. The molecule has 1 fully saturated rings. The van der Waals surface area contributed by atoms with Crippen molar-refractivity contribution >= 4 is 15.7 Å². The highest BCUT2D eigenvalue weighted by atomic mass is 32.2. The summed E-state index contributed by atoms with van der Waals surface area (Å²) in [4.78, 5) is 12.0. The molecule has 0 bridgehead atoms. The van der Waals surface area contributed by atoms with Crippen LogP contribution in [0.5, 0.6) is 0 Å². The summed E-state index contributed by atoms with van der Waals surface area (Å²) >= 11 is 0. The minimum atomic E-state index is -3.43. The molecule has 0 saturated heterocycles. The van der Waals surface area contributed by atoms with E-state index in [-0.39, 0.29) is 17.7 Å². The largest absolute Gasteiger partial charge is 0.352 e. The molecule has 4 nitrogen and oxygen atoms in total. The second-order valence-corrected chi connectivity index (χ2v) is 8.50. The molecule has 5 heteroatoms. The van der Waals surface area contributed by atoms with Gasteiger partial charge in [0.1, 0.15) is 5.75 Å². The fourth-order valence-electron chi connectivity index (χ4n) is 3.17. The van der Waals surface area contributed by atoms with E-state index >= 15 is 0 Å². The molecule has 1 aliphatic carbocycles. The van der Waals surface area contributed by atoms with Crippen molar-refractivity contribution in [2.24, 2.45) is 0 Å². The lowest BCUT2D eigenvalue weighted by atomic mass is 9.95. The fourth-order valence-corrected chi connectivity index (χ4v) is 4.43. The summed E-state index contributed by atoms with van der Waals surface area (Å²) in [6.45, 7) is 3.89. The summed E-state index contributed by atoms with van der Waals surface area (Å²) in [7, 11) is -3.43. The molecule has 122 valence electrons. The Bertz CT molecular complexity index is 611. The molecule has 0 atom stereocenters. The highest BCUT2D eigenvalue weighted by Gasteiger charge is 2.21. The zero-order valence-electron chi connectivity index (χ0n) is 13.4. The van der Waals surface area contributed by atoms with E-state index in [1.54, 1.807) is 0 Å². The Morgan fingerprint density at radius 1 is 1.09 bits per heavy atom. The van der Waals surface area contributed by atoms with E-state index in [0.29, 0.717) is 0 Å². The maximum Gasteiger partial charge on any atom is 0.235 e. The van der Waals surface area contributed by atoms with Crippen LogP contribution in [0.1, 0.15) is 48.8 Å². The summed E-state index contributed by atoms with van der Waals surface area (Å²) in [5.41, 5.74) is 2.83. The Hall–Kier alpha value is -1.36. The predicted molar refractivity (Wildman–Crippen MR) is 88.4 cm³/mol. The molecule has 1 aliphatic rings. The normalized spacial score (nSPS) is 16.5. The van der Waals surface area contributed by atoms with Crippen molar-refractivity contribution < 1.29 is 13.2 Å². The van der Waals surface area contributed by atoms with Crippen molar-refractivity contribution in [2.45, 2.75) is 57.7 Å². The number of carbonyl (C=O) groups excluding carboxylic acids is 1. The van der Waals surface area contributed by atoms with Crippen LogP contribution >= 0.6 is 0 Å². The van der Waals surface area contributed by atoms with Crippen LogP contribution in [0.25, 0.3) is 0 Å². The van der Waals surface area contributed by atoms with Gasteiger partial charge in [-0.3, -0.25) is 4.79 Å². The number of rotatable bonds is 5. The molecule has 2 rings (SSSR count). The number of sulfone groups is 1. The van der Waals surface area contributed by atoms with Gasteiger partial charge in [-0.25, -0.2) is 8.42 Å².